The Labute approximate surface area is 34.2 Å². The monoisotopic (exact) mass is 82.0 g/mol. The quantitative estimate of drug-likeness (QED) is 0.339. The van der Waals surface area contributed by atoms with Crippen LogP contribution in [0, 0.1) is 10.8 Å². The summed E-state index contributed by atoms with van der Waals surface area (Å²) in [6, 6.07) is 3.19. The molecular weight excluding hydrogens is 80.0 g/mol. The van der Waals surface area contributed by atoms with Crippen molar-refractivity contribution in [3.8, 4) is 0 Å². The third-order valence-corrected chi connectivity index (χ3v) is 0.150. The second kappa shape index (κ2) is 3.76. The lowest BCUT2D eigenvalue weighted by molar-refractivity contribution is 1.25. The molecule has 0 fully saturated rings. The highest BCUT2D eigenvalue weighted by Gasteiger charge is 1.42. The molecule has 0 spiro atoms. The van der Waals surface area contributed by atoms with E-state index in [-0.39, 0.29) is 0 Å². The first-order valence-electron chi connectivity index (χ1n) is 1.15. The molecule has 2 N–H and O–H groups in total. The molecule has 0 aliphatic carbocycles. The predicted octanol–water partition coefficient (Wildman–Crippen LogP) is 0.407. The van der Waals surface area contributed by atoms with Crippen LogP contribution in [0.25, 0.3) is 0 Å². The van der Waals surface area contributed by atoms with E-state index < -0.39 is 0 Å². The van der Waals surface area contributed by atoms with Crippen molar-refractivity contribution in [3.63, 3.8) is 0 Å². The van der Waals surface area contributed by atoms with Crippen LogP contribution in [0.2, 0.25) is 0 Å². The van der Waals surface area contributed by atoms with Crippen LogP contribution in [-0.2, 0) is 0 Å². The van der Waals surface area contributed by atoms with Gasteiger partial charge in [-0.05, 0) is 0 Å². The highest BCUT2D eigenvalue weighted by Crippen LogP contribution is 1.53. The van der Waals surface area contributed by atoms with Crippen molar-refractivity contribution in [2.75, 3.05) is 0 Å². The number of hydrogen-bond donors (Lipinski definition) is 2. The van der Waals surface area contributed by atoms with E-state index in [9.17, 15) is 0 Å². The van der Waals surface area contributed by atoms with E-state index in [0.29, 0.717) is 0 Å². The third kappa shape index (κ3) is 2.76. The highest BCUT2D eigenvalue weighted by molar-refractivity contribution is 5.40. The third-order valence-electron chi connectivity index (χ3n) is 0.150. The summed E-state index contributed by atoms with van der Waals surface area (Å²) in [7, 11) is 0. The van der Waals surface area contributed by atoms with Crippen molar-refractivity contribution in [3.05, 3.63) is 0 Å². The van der Waals surface area contributed by atoms with Crippen molar-refractivity contribution in [2.24, 2.45) is 10.2 Å². The van der Waals surface area contributed by atoms with Crippen molar-refractivity contribution in [1.29, 1.82) is 10.8 Å². The van der Waals surface area contributed by atoms with Gasteiger partial charge in [-0.2, -0.15) is 0 Å². The molecule has 0 radical (unpaired) electrons. The second-order valence-corrected chi connectivity index (χ2v) is 0.424. The van der Waals surface area contributed by atoms with E-state index in [0.717, 1.165) is 0 Å². The van der Waals surface area contributed by atoms with Crippen LogP contribution in [0.3, 0.4) is 0 Å². The maximum atomic E-state index is 6.07. The molecule has 0 bridgehead atoms. The standard InChI is InChI=1S/C2H2N4/c3-1-5-6-2-4/h3-4H. The Morgan fingerprint density at radius 3 is 1.50 bits per heavy atom. The fraction of sp³-hybridized carbons (Fsp3) is 0. The Hall–Kier alpha value is -1.24. The van der Waals surface area contributed by atoms with E-state index in [1.165, 1.54) is 0 Å². The van der Waals surface area contributed by atoms with E-state index in [1.807, 2.05) is 0 Å². The molecule has 4 nitrogen and oxygen atoms in total. The molecule has 0 aromatic heterocycles. The number of nitrogens with zero attached hydrogens (tertiary/aromatic N) is 2. The molecule has 4 heteroatoms. The minimum Gasteiger partial charge on any atom is -0.240 e. The second-order valence-electron chi connectivity index (χ2n) is 0.424. The average Bonchev–Trinajstić information content (AvgIpc) is 1.61. The largest absolute Gasteiger partial charge is 0.240 e. The molecule has 0 aromatic carbocycles. The summed E-state index contributed by atoms with van der Waals surface area (Å²) in [6.45, 7) is 0. The Balaban J connectivity index is 3.64. The first-order chi connectivity index (χ1) is 2.91. The van der Waals surface area contributed by atoms with Crippen LogP contribution in [0.4, 0.5) is 0 Å². The van der Waals surface area contributed by atoms with Gasteiger partial charge in [0.1, 0.15) is 12.0 Å². The first-order valence-corrected chi connectivity index (χ1v) is 1.15. The molecule has 0 aliphatic heterocycles. The molecule has 0 heterocycles. The Bertz CT molecular complexity index is 97.5. The molecule has 0 unspecified atom stereocenters. The molecule has 30 valence electrons. The lowest BCUT2D eigenvalue weighted by Crippen LogP contribution is -1.43. The van der Waals surface area contributed by atoms with Crippen LogP contribution in [0.5, 0.6) is 0 Å². The van der Waals surface area contributed by atoms with Crippen molar-refractivity contribution < 1.29 is 0 Å². The SMILES string of the molecule is N=C=NN=C=N. The normalized spacial score (nSPS) is 4.67. The van der Waals surface area contributed by atoms with Gasteiger partial charge >= 0.3 is 0 Å². The van der Waals surface area contributed by atoms with Crippen LogP contribution in [-0.4, -0.2) is 12.0 Å². The average molecular weight is 82.1 g/mol. The van der Waals surface area contributed by atoms with Gasteiger partial charge in [-0.1, -0.05) is 10.2 Å². The van der Waals surface area contributed by atoms with Gasteiger partial charge in [0.25, 0.3) is 0 Å². The Morgan fingerprint density at radius 2 is 1.33 bits per heavy atom. The summed E-state index contributed by atoms with van der Waals surface area (Å²) in [6.07, 6.45) is 0. The molecule has 0 atom stereocenters. The summed E-state index contributed by atoms with van der Waals surface area (Å²) in [5.74, 6) is 0. The molecule has 0 rings (SSSR count). The molecule has 0 saturated heterocycles. The molecule has 0 amide bonds. The Kier molecular flexibility index (Phi) is 2.98. The minimum absolute atomic E-state index is 1.59. The van der Waals surface area contributed by atoms with Gasteiger partial charge < -0.3 is 0 Å². The van der Waals surface area contributed by atoms with Gasteiger partial charge in [0.15, 0.2) is 0 Å². The van der Waals surface area contributed by atoms with E-state index in [1.54, 1.807) is 12.0 Å². The highest BCUT2D eigenvalue weighted by atomic mass is 15.2. The summed E-state index contributed by atoms with van der Waals surface area (Å²) in [4.78, 5) is 0. The molecule has 6 heavy (non-hydrogen) atoms. The summed E-state index contributed by atoms with van der Waals surface area (Å²) in [5.41, 5.74) is 0. The Morgan fingerprint density at radius 1 is 1.00 bits per heavy atom. The summed E-state index contributed by atoms with van der Waals surface area (Å²) >= 11 is 0. The number of nitrogens with one attached hydrogen (secondary N) is 2. The minimum atomic E-state index is 1.59. The van der Waals surface area contributed by atoms with Crippen molar-refractivity contribution >= 4 is 12.0 Å². The van der Waals surface area contributed by atoms with Gasteiger partial charge in [-0.25, -0.2) is 10.8 Å². The van der Waals surface area contributed by atoms with Crippen LogP contribution >= 0.6 is 0 Å². The smallest absolute Gasteiger partial charge is 0.115 e. The lowest BCUT2D eigenvalue weighted by Gasteiger charge is -1.49. The van der Waals surface area contributed by atoms with E-state index in [4.69, 9.17) is 10.8 Å². The molecular formula is C2H2N4. The van der Waals surface area contributed by atoms with Gasteiger partial charge in [0.2, 0.25) is 0 Å². The molecule has 0 aromatic rings. The summed E-state index contributed by atoms with van der Waals surface area (Å²) in [5, 5.41) is 17.8. The lowest BCUT2D eigenvalue weighted by atomic mass is 11.5. The van der Waals surface area contributed by atoms with Crippen LogP contribution in [0.15, 0.2) is 10.2 Å². The summed E-state index contributed by atoms with van der Waals surface area (Å²) < 4.78 is 0. The molecule has 0 aliphatic rings. The van der Waals surface area contributed by atoms with Crippen LogP contribution in [0.1, 0.15) is 0 Å². The zero-order chi connectivity index (χ0) is 4.83. The topological polar surface area (TPSA) is 72.4 Å². The number of hydrogen-bond acceptors (Lipinski definition) is 4. The van der Waals surface area contributed by atoms with Crippen molar-refractivity contribution in [2.45, 2.75) is 0 Å². The fourth-order valence-corrected chi connectivity index (χ4v) is 0.0500. The van der Waals surface area contributed by atoms with Gasteiger partial charge in [-0.15, -0.1) is 0 Å². The fourth-order valence-electron chi connectivity index (χ4n) is 0.0500. The van der Waals surface area contributed by atoms with Crippen LogP contribution < -0.4 is 0 Å². The first kappa shape index (κ1) is 4.76. The zero-order valence-electron chi connectivity index (χ0n) is 2.89. The number of rotatable bonds is 1. The maximum Gasteiger partial charge on any atom is 0.115 e. The molecule has 0 saturated carbocycles. The van der Waals surface area contributed by atoms with Gasteiger partial charge in [-0.3, -0.25) is 0 Å². The maximum absolute atomic E-state index is 6.07. The van der Waals surface area contributed by atoms with Gasteiger partial charge in [0, 0.05) is 0 Å². The predicted molar refractivity (Wildman–Crippen MR) is 20.3 cm³/mol. The zero-order valence-corrected chi connectivity index (χ0v) is 2.89. The van der Waals surface area contributed by atoms with E-state index >= 15 is 0 Å². The van der Waals surface area contributed by atoms with Gasteiger partial charge in [0.05, 0.1) is 0 Å². The van der Waals surface area contributed by atoms with Crippen molar-refractivity contribution in [1.82, 2.24) is 0 Å². The van der Waals surface area contributed by atoms with E-state index in [2.05, 4.69) is 10.2 Å².